The van der Waals surface area contributed by atoms with Crippen LogP contribution in [0.2, 0.25) is 0 Å². The number of nitrogens with zero attached hydrogens (tertiary/aromatic N) is 1. The number of hydrogen-bond acceptors (Lipinski definition) is 3. The van der Waals surface area contributed by atoms with Crippen LogP contribution in [-0.2, 0) is 4.79 Å². The first kappa shape index (κ1) is 15.5. The van der Waals surface area contributed by atoms with Crippen LogP contribution >= 0.6 is 0 Å². The zero-order valence-corrected chi connectivity index (χ0v) is 12.1. The lowest BCUT2D eigenvalue weighted by molar-refractivity contribution is -0.118. The van der Waals surface area contributed by atoms with E-state index in [1.54, 1.807) is 4.90 Å². The fourth-order valence-electron chi connectivity index (χ4n) is 2.86. The van der Waals surface area contributed by atoms with Gasteiger partial charge >= 0.3 is 0 Å². The van der Waals surface area contributed by atoms with Crippen LogP contribution in [0.4, 0.5) is 4.39 Å². The van der Waals surface area contributed by atoms with E-state index in [0.717, 1.165) is 31.7 Å². The Bertz CT molecular complexity index is 524. The van der Waals surface area contributed by atoms with E-state index in [-0.39, 0.29) is 29.6 Å². The van der Waals surface area contributed by atoms with Gasteiger partial charge in [0.05, 0.1) is 0 Å². The third kappa shape index (κ3) is 3.60. The molecule has 2 rings (SSSR count). The second-order valence-electron chi connectivity index (χ2n) is 5.54. The Labute approximate surface area is 123 Å². The monoisotopic (exact) mass is 293 g/mol. The minimum atomic E-state index is -0.731. The molecule has 0 saturated carbocycles. The van der Waals surface area contributed by atoms with Crippen LogP contribution in [0, 0.1) is 5.82 Å². The summed E-state index contributed by atoms with van der Waals surface area (Å²) in [6.07, 6.45) is 3.78. The summed E-state index contributed by atoms with van der Waals surface area (Å²) in [5.74, 6) is -1.60. The van der Waals surface area contributed by atoms with Gasteiger partial charge in [0.15, 0.2) is 0 Å². The molecular weight excluding hydrogens is 273 g/mol. The van der Waals surface area contributed by atoms with E-state index in [1.165, 1.54) is 19.1 Å². The maximum atomic E-state index is 13.9. The van der Waals surface area contributed by atoms with Crippen molar-refractivity contribution in [3.63, 3.8) is 0 Å². The zero-order valence-electron chi connectivity index (χ0n) is 12.1. The lowest BCUT2D eigenvalue weighted by Gasteiger charge is -2.30. The highest BCUT2D eigenvalue weighted by atomic mass is 19.1. The summed E-state index contributed by atoms with van der Waals surface area (Å²) in [4.78, 5) is 25.6. The van der Waals surface area contributed by atoms with Gasteiger partial charge in [-0.25, -0.2) is 4.39 Å². The number of benzene rings is 1. The predicted octanol–water partition coefficient (Wildman–Crippen LogP) is 2.90. The van der Waals surface area contributed by atoms with Crippen LogP contribution in [0.1, 0.15) is 49.4 Å². The highest BCUT2D eigenvalue weighted by molar-refractivity contribution is 5.97. The van der Waals surface area contributed by atoms with Crippen molar-refractivity contribution in [1.29, 1.82) is 0 Å². The number of carbonyl (C=O) groups excluding carboxylic acids is 2. The number of phenols is 1. The quantitative estimate of drug-likeness (QED) is 0.932. The van der Waals surface area contributed by atoms with E-state index >= 15 is 0 Å². The molecule has 1 amide bonds. The smallest absolute Gasteiger partial charge is 0.260 e. The number of Topliss-reactive ketones (excluding diaryl/α,β-unsaturated/α-hetero) is 1. The number of likely N-dealkylation sites (tertiary alicyclic amines) is 1. The normalized spacial score (nSPS) is 19.1. The molecule has 0 spiro atoms. The Morgan fingerprint density at radius 1 is 1.33 bits per heavy atom. The summed E-state index contributed by atoms with van der Waals surface area (Å²) < 4.78 is 13.9. The second kappa shape index (κ2) is 6.70. The molecule has 1 unspecified atom stereocenters. The third-order valence-electron chi connectivity index (χ3n) is 3.87. The zero-order chi connectivity index (χ0) is 15.4. The first-order chi connectivity index (χ1) is 10.0. The van der Waals surface area contributed by atoms with Gasteiger partial charge < -0.3 is 10.0 Å². The maximum absolute atomic E-state index is 13.9. The Morgan fingerprint density at radius 3 is 2.76 bits per heavy atom. The lowest BCUT2D eigenvalue weighted by atomic mass is 10.0. The molecule has 1 aliphatic heterocycles. The Balaban J connectivity index is 2.31. The maximum Gasteiger partial charge on any atom is 0.260 e. The summed E-state index contributed by atoms with van der Waals surface area (Å²) in [5, 5.41) is 9.78. The molecule has 1 heterocycles. The summed E-state index contributed by atoms with van der Waals surface area (Å²) in [6, 6.07) is 3.60. The highest BCUT2D eigenvalue weighted by Crippen LogP contribution is 2.26. The minimum absolute atomic E-state index is 0.0115. The number of carbonyl (C=O) groups is 2. The lowest BCUT2D eigenvalue weighted by Crippen LogP contribution is -2.41. The van der Waals surface area contributed by atoms with Crippen LogP contribution in [0.5, 0.6) is 5.75 Å². The van der Waals surface area contributed by atoms with Gasteiger partial charge in [-0.15, -0.1) is 0 Å². The molecular formula is C16H20FNO3. The molecule has 5 heteroatoms. The average molecular weight is 293 g/mol. The van der Waals surface area contributed by atoms with Gasteiger partial charge in [0, 0.05) is 19.0 Å². The Morgan fingerprint density at radius 2 is 2.10 bits per heavy atom. The molecule has 1 aromatic rings. The first-order valence-electron chi connectivity index (χ1n) is 7.28. The van der Waals surface area contributed by atoms with Crippen molar-refractivity contribution in [2.45, 2.75) is 45.1 Å². The van der Waals surface area contributed by atoms with E-state index in [4.69, 9.17) is 0 Å². The molecule has 1 N–H and O–H groups in total. The van der Waals surface area contributed by atoms with Crippen LogP contribution in [0.25, 0.3) is 0 Å². The van der Waals surface area contributed by atoms with E-state index in [0.29, 0.717) is 6.54 Å². The molecule has 0 aromatic heterocycles. The number of halogens is 1. The Kier molecular flexibility index (Phi) is 4.94. The summed E-state index contributed by atoms with van der Waals surface area (Å²) in [6.45, 7) is 1.98. The number of rotatable bonds is 3. The summed E-state index contributed by atoms with van der Waals surface area (Å²) in [7, 11) is 0. The molecule has 0 aliphatic carbocycles. The van der Waals surface area contributed by atoms with Gasteiger partial charge in [0.1, 0.15) is 22.9 Å². The number of aromatic hydroxyl groups is 1. The van der Waals surface area contributed by atoms with Gasteiger partial charge in [0.2, 0.25) is 0 Å². The predicted molar refractivity (Wildman–Crippen MR) is 76.7 cm³/mol. The fourth-order valence-corrected chi connectivity index (χ4v) is 2.86. The topological polar surface area (TPSA) is 57.6 Å². The molecule has 0 radical (unpaired) electrons. The standard InChI is InChI=1S/C16H20FNO3/c1-11(19)10-12-6-3-2-4-9-18(12)16(21)15-13(17)7-5-8-14(15)20/h5,7-8,12,20H,2-4,6,9-10H2,1H3. The molecule has 114 valence electrons. The Hall–Kier alpha value is -1.91. The SMILES string of the molecule is CC(=O)CC1CCCCCN1C(=O)c1c(O)cccc1F. The third-order valence-corrected chi connectivity index (χ3v) is 3.87. The van der Waals surface area contributed by atoms with Crippen molar-refractivity contribution in [3.05, 3.63) is 29.6 Å². The van der Waals surface area contributed by atoms with E-state index < -0.39 is 11.7 Å². The van der Waals surface area contributed by atoms with Crippen molar-refractivity contribution >= 4 is 11.7 Å². The van der Waals surface area contributed by atoms with Crippen molar-refractivity contribution in [3.8, 4) is 5.75 Å². The van der Waals surface area contributed by atoms with Crippen molar-refractivity contribution < 1.29 is 19.1 Å². The van der Waals surface area contributed by atoms with Crippen molar-refractivity contribution in [1.82, 2.24) is 4.90 Å². The van der Waals surface area contributed by atoms with Gasteiger partial charge in [0.25, 0.3) is 5.91 Å². The second-order valence-corrected chi connectivity index (χ2v) is 5.54. The first-order valence-corrected chi connectivity index (χ1v) is 7.28. The number of phenolic OH excluding ortho intramolecular Hbond substituents is 1. The summed E-state index contributed by atoms with van der Waals surface area (Å²) in [5.41, 5.74) is -0.298. The van der Waals surface area contributed by atoms with Crippen LogP contribution in [0.15, 0.2) is 18.2 Å². The molecule has 1 atom stereocenters. The molecule has 0 bridgehead atoms. The average Bonchev–Trinajstić information content (AvgIpc) is 2.63. The van der Waals surface area contributed by atoms with Crippen molar-refractivity contribution in [2.75, 3.05) is 6.54 Å². The van der Waals surface area contributed by atoms with Crippen molar-refractivity contribution in [2.24, 2.45) is 0 Å². The number of hydrogen-bond donors (Lipinski definition) is 1. The van der Waals surface area contributed by atoms with Gasteiger partial charge in [-0.2, -0.15) is 0 Å². The van der Waals surface area contributed by atoms with Crippen LogP contribution < -0.4 is 0 Å². The fraction of sp³-hybridized carbons (Fsp3) is 0.500. The molecule has 1 saturated heterocycles. The minimum Gasteiger partial charge on any atom is -0.507 e. The molecule has 4 nitrogen and oxygen atoms in total. The molecule has 1 fully saturated rings. The number of ketones is 1. The van der Waals surface area contributed by atoms with Gasteiger partial charge in [-0.3, -0.25) is 9.59 Å². The van der Waals surface area contributed by atoms with Crippen LogP contribution in [-0.4, -0.2) is 34.3 Å². The van der Waals surface area contributed by atoms with Crippen LogP contribution in [0.3, 0.4) is 0 Å². The molecule has 1 aliphatic rings. The van der Waals surface area contributed by atoms with Gasteiger partial charge in [-0.1, -0.05) is 18.9 Å². The van der Waals surface area contributed by atoms with Gasteiger partial charge in [-0.05, 0) is 31.9 Å². The van der Waals surface area contributed by atoms with E-state index in [2.05, 4.69) is 0 Å². The van der Waals surface area contributed by atoms with E-state index in [1.807, 2.05) is 0 Å². The highest BCUT2D eigenvalue weighted by Gasteiger charge is 2.30. The molecule has 21 heavy (non-hydrogen) atoms. The number of amides is 1. The summed E-state index contributed by atoms with van der Waals surface area (Å²) >= 11 is 0. The van der Waals surface area contributed by atoms with E-state index in [9.17, 15) is 19.1 Å². The largest absolute Gasteiger partial charge is 0.507 e. The molecule has 1 aromatic carbocycles.